The van der Waals surface area contributed by atoms with E-state index in [-0.39, 0.29) is 11.7 Å². The molecular formula is C24H26N4O4. The molecule has 0 bridgehead atoms. The summed E-state index contributed by atoms with van der Waals surface area (Å²) >= 11 is 0. The Morgan fingerprint density at radius 2 is 1.78 bits per heavy atom. The molecule has 32 heavy (non-hydrogen) atoms. The summed E-state index contributed by atoms with van der Waals surface area (Å²) in [5, 5.41) is 4.18. The maximum Gasteiger partial charge on any atom is 0.326 e. The van der Waals surface area contributed by atoms with E-state index in [1.54, 1.807) is 0 Å². The predicted molar refractivity (Wildman–Crippen MR) is 121 cm³/mol. The number of hydrogen-bond acceptors (Lipinski definition) is 6. The molecule has 0 amide bonds. The van der Waals surface area contributed by atoms with Crippen LogP contribution in [-0.4, -0.2) is 32.9 Å². The van der Waals surface area contributed by atoms with Gasteiger partial charge in [0.15, 0.2) is 11.5 Å². The minimum absolute atomic E-state index is 0.0595. The third-order valence-electron chi connectivity index (χ3n) is 5.88. The van der Waals surface area contributed by atoms with Crippen molar-refractivity contribution < 1.29 is 14.0 Å². The summed E-state index contributed by atoms with van der Waals surface area (Å²) in [5.41, 5.74) is 3.19. The van der Waals surface area contributed by atoms with Crippen LogP contribution in [0.1, 0.15) is 45.6 Å². The van der Waals surface area contributed by atoms with E-state index in [0.29, 0.717) is 36.4 Å². The molecule has 0 aliphatic heterocycles. The summed E-state index contributed by atoms with van der Waals surface area (Å²) in [5.74, 6) is 2.19. The quantitative estimate of drug-likeness (QED) is 0.442. The SMILES string of the molecule is CCOc1ccc(-c2nc(-c3ccc4[nH]c(=O)n(C5CCCC5)c4c3)no2)cc1OCC. The highest BCUT2D eigenvalue weighted by Crippen LogP contribution is 2.34. The van der Waals surface area contributed by atoms with Crippen molar-refractivity contribution in [2.75, 3.05) is 13.2 Å². The summed E-state index contributed by atoms with van der Waals surface area (Å²) in [6, 6.07) is 11.6. The van der Waals surface area contributed by atoms with Gasteiger partial charge in [0.2, 0.25) is 5.82 Å². The molecule has 8 heteroatoms. The first-order valence-corrected chi connectivity index (χ1v) is 11.2. The number of aromatic amines is 1. The fraction of sp³-hybridized carbons (Fsp3) is 0.375. The van der Waals surface area contributed by atoms with Crippen LogP contribution in [0.25, 0.3) is 33.9 Å². The lowest BCUT2D eigenvalue weighted by Crippen LogP contribution is -2.20. The van der Waals surface area contributed by atoms with Crippen LogP contribution in [0, 0.1) is 0 Å². The minimum Gasteiger partial charge on any atom is -0.490 e. The average Bonchev–Trinajstić information content (AvgIpc) is 3.54. The zero-order valence-electron chi connectivity index (χ0n) is 18.3. The number of nitrogens with zero attached hydrogens (tertiary/aromatic N) is 3. The number of hydrogen-bond donors (Lipinski definition) is 1. The van der Waals surface area contributed by atoms with E-state index in [4.69, 9.17) is 14.0 Å². The van der Waals surface area contributed by atoms with Gasteiger partial charge in [-0.2, -0.15) is 4.98 Å². The molecule has 4 aromatic rings. The number of aromatic nitrogens is 4. The van der Waals surface area contributed by atoms with Gasteiger partial charge in [-0.15, -0.1) is 0 Å². The predicted octanol–water partition coefficient (Wildman–Crippen LogP) is 4.96. The minimum atomic E-state index is -0.0595. The van der Waals surface area contributed by atoms with E-state index >= 15 is 0 Å². The van der Waals surface area contributed by atoms with Gasteiger partial charge in [-0.1, -0.05) is 18.0 Å². The third-order valence-corrected chi connectivity index (χ3v) is 5.88. The smallest absolute Gasteiger partial charge is 0.326 e. The highest BCUT2D eigenvalue weighted by atomic mass is 16.5. The monoisotopic (exact) mass is 434 g/mol. The average molecular weight is 434 g/mol. The number of ether oxygens (including phenoxy) is 2. The zero-order valence-corrected chi connectivity index (χ0v) is 18.3. The van der Waals surface area contributed by atoms with Gasteiger partial charge in [0, 0.05) is 17.2 Å². The molecule has 0 radical (unpaired) electrons. The summed E-state index contributed by atoms with van der Waals surface area (Å²) in [6.07, 6.45) is 4.37. The molecule has 1 saturated carbocycles. The molecule has 166 valence electrons. The standard InChI is InChI=1S/C24H26N4O4/c1-3-30-20-12-10-16(14-21(20)31-4-2)23-26-22(27-32-23)15-9-11-18-19(13-15)28(24(29)25-18)17-7-5-6-8-17/h9-14,17H,3-8H2,1-2H3,(H,25,29). The molecule has 2 aromatic carbocycles. The normalized spacial score (nSPS) is 14.3. The maximum atomic E-state index is 12.6. The van der Waals surface area contributed by atoms with Gasteiger partial charge in [-0.05, 0) is 63.1 Å². The number of rotatable bonds is 7. The lowest BCUT2D eigenvalue weighted by atomic mass is 10.1. The van der Waals surface area contributed by atoms with Gasteiger partial charge >= 0.3 is 5.69 Å². The molecule has 0 unspecified atom stereocenters. The van der Waals surface area contributed by atoms with Crippen molar-refractivity contribution in [2.45, 2.75) is 45.6 Å². The van der Waals surface area contributed by atoms with Gasteiger partial charge in [-0.3, -0.25) is 4.57 Å². The summed E-state index contributed by atoms with van der Waals surface area (Å²) in [6.45, 7) is 4.94. The first-order valence-electron chi connectivity index (χ1n) is 11.2. The maximum absolute atomic E-state index is 12.6. The molecule has 1 aliphatic carbocycles. The van der Waals surface area contributed by atoms with E-state index in [1.807, 2.05) is 54.8 Å². The van der Waals surface area contributed by atoms with Crippen molar-refractivity contribution >= 4 is 11.0 Å². The van der Waals surface area contributed by atoms with E-state index in [1.165, 1.54) is 0 Å². The first kappa shape index (κ1) is 20.4. The van der Waals surface area contributed by atoms with Crippen LogP contribution in [0.3, 0.4) is 0 Å². The molecule has 1 aliphatic rings. The first-order chi connectivity index (χ1) is 15.7. The van der Waals surface area contributed by atoms with Crippen molar-refractivity contribution in [2.24, 2.45) is 0 Å². The van der Waals surface area contributed by atoms with Crippen LogP contribution in [-0.2, 0) is 0 Å². The number of H-pyrrole nitrogens is 1. The van der Waals surface area contributed by atoms with Gasteiger partial charge in [0.1, 0.15) is 0 Å². The highest BCUT2D eigenvalue weighted by Gasteiger charge is 2.22. The Morgan fingerprint density at radius 1 is 1.03 bits per heavy atom. The van der Waals surface area contributed by atoms with Crippen LogP contribution in [0.4, 0.5) is 0 Å². The zero-order chi connectivity index (χ0) is 22.1. The second kappa shape index (κ2) is 8.53. The van der Waals surface area contributed by atoms with E-state index in [9.17, 15) is 4.79 Å². The van der Waals surface area contributed by atoms with E-state index < -0.39 is 0 Å². The van der Waals surface area contributed by atoms with Crippen LogP contribution < -0.4 is 15.2 Å². The molecule has 1 fully saturated rings. The second-order valence-electron chi connectivity index (χ2n) is 7.92. The van der Waals surface area contributed by atoms with Crippen molar-refractivity contribution in [1.29, 1.82) is 0 Å². The van der Waals surface area contributed by atoms with Crippen LogP contribution in [0.5, 0.6) is 11.5 Å². The fourth-order valence-corrected chi connectivity index (χ4v) is 4.43. The molecule has 2 aromatic heterocycles. The Bertz CT molecular complexity index is 1300. The van der Waals surface area contributed by atoms with Crippen LogP contribution in [0.15, 0.2) is 45.7 Å². The summed E-state index contributed by atoms with van der Waals surface area (Å²) < 4.78 is 18.8. The summed E-state index contributed by atoms with van der Waals surface area (Å²) in [7, 11) is 0. The van der Waals surface area contributed by atoms with Gasteiger partial charge < -0.3 is 19.0 Å². The van der Waals surface area contributed by atoms with Crippen LogP contribution in [0.2, 0.25) is 0 Å². The Labute approximate surface area is 185 Å². The molecule has 1 N–H and O–H groups in total. The highest BCUT2D eigenvalue weighted by molar-refractivity contribution is 5.81. The van der Waals surface area contributed by atoms with Crippen molar-refractivity contribution in [1.82, 2.24) is 19.7 Å². The number of benzene rings is 2. The molecule has 0 atom stereocenters. The number of nitrogens with one attached hydrogen (secondary N) is 1. The lowest BCUT2D eigenvalue weighted by molar-refractivity contribution is 0.288. The number of imidazole rings is 1. The molecule has 0 saturated heterocycles. The molecule has 2 heterocycles. The molecule has 0 spiro atoms. The van der Waals surface area contributed by atoms with E-state index in [2.05, 4.69) is 15.1 Å². The lowest BCUT2D eigenvalue weighted by Gasteiger charge is -2.11. The Hall–Kier alpha value is -3.55. The Morgan fingerprint density at radius 3 is 2.56 bits per heavy atom. The van der Waals surface area contributed by atoms with Crippen molar-refractivity contribution in [3.8, 4) is 34.3 Å². The third kappa shape index (κ3) is 3.66. The molecule has 5 rings (SSSR count). The molecule has 8 nitrogen and oxygen atoms in total. The van der Waals surface area contributed by atoms with Gasteiger partial charge in [0.05, 0.1) is 24.2 Å². The Kier molecular flexibility index (Phi) is 5.43. The molecular weight excluding hydrogens is 408 g/mol. The topological polar surface area (TPSA) is 95.2 Å². The summed E-state index contributed by atoms with van der Waals surface area (Å²) in [4.78, 5) is 20.1. The second-order valence-corrected chi connectivity index (χ2v) is 7.92. The van der Waals surface area contributed by atoms with Gasteiger partial charge in [-0.25, -0.2) is 4.79 Å². The van der Waals surface area contributed by atoms with Gasteiger partial charge in [0.25, 0.3) is 5.89 Å². The van der Waals surface area contributed by atoms with Crippen LogP contribution >= 0.6 is 0 Å². The van der Waals surface area contributed by atoms with E-state index in [0.717, 1.165) is 47.8 Å². The largest absolute Gasteiger partial charge is 0.490 e. The Balaban J connectivity index is 1.50. The van der Waals surface area contributed by atoms with Crippen molar-refractivity contribution in [3.63, 3.8) is 0 Å². The fourth-order valence-electron chi connectivity index (χ4n) is 4.43. The number of fused-ring (bicyclic) bond motifs is 1. The van der Waals surface area contributed by atoms with Crippen molar-refractivity contribution in [3.05, 3.63) is 46.9 Å².